The number of nitrogens with zero attached hydrogens (tertiary/aromatic N) is 1. The predicted molar refractivity (Wildman–Crippen MR) is 114 cm³/mol. The van der Waals surface area contributed by atoms with Crippen molar-refractivity contribution >= 4 is 17.5 Å². The normalized spacial score (nSPS) is 16.5. The van der Waals surface area contributed by atoms with E-state index in [9.17, 15) is 4.79 Å². The van der Waals surface area contributed by atoms with Gasteiger partial charge in [0.05, 0.1) is 13.2 Å². The number of hydrogen-bond donors (Lipinski definition) is 1. The summed E-state index contributed by atoms with van der Waals surface area (Å²) in [6, 6.07) is 16.0. The fourth-order valence-corrected chi connectivity index (χ4v) is 3.96. The number of carbonyl (C=O) groups is 1. The van der Waals surface area contributed by atoms with Gasteiger partial charge in [0.25, 0.3) is 0 Å². The van der Waals surface area contributed by atoms with E-state index in [0.29, 0.717) is 0 Å². The quantitative estimate of drug-likeness (QED) is 0.723. The van der Waals surface area contributed by atoms with Gasteiger partial charge in [-0.05, 0) is 61.7 Å². The second-order valence-corrected chi connectivity index (χ2v) is 7.79. The summed E-state index contributed by atoms with van der Waals surface area (Å²) in [6.45, 7) is 4.78. The fraction of sp³-hybridized carbons (Fsp3) is 0.435. The fourth-order valence-electron chi connectivity index (χ4n) is 3.77. The maximum Gasteiger partial charge on any atom is 0.223 e. The summed E-state index contributed by atoms with van der Waals surface area (Å²) in [5.41, 5.74) is 2.27. The number of piperidine rings is 1. The Morgan fingerprint density at radius 3 is 2.46 bits per heavy atom. The van der Waals surface area contributed by atoms with Gasteiger partial charge < -0.3 is 10.1 Å². The second-order valence-electron chi connectivity index (χ2n) is 7.38. The lowest BCUT2D eigenvalue weighted by Gasteiger charge is -2.32. The van der Waals surface area contributed by atoms with E-state index in [0.717, 1.165) is 60.8 Å². The number of halogens is 1. The second kappa shape index (κ2) is 9.94. The van der Waals surface area contributed by atoms with Gasteiger partial charge in [0, 0.05) is 17.5 Å². The van der Waals surface area contributed by atoms with Crippen molar-refractivity contribution in [2.75, 3.05) is 20.2 Å². The van der Waals surface area contributed by atoms with E-state index in [4.69, 9.17) is 16.3 Å². The molecular weight excluding hydrogens is 372 g/mol. The van der Waals surface area contributed by atoms with Gasteiger partial charge in [-0.2, -0.15) is 0 Å². The minimum Gasteiger partial charge on any atom is -0.497 e. The van der Waals surface area contributed by atoms with Gasteiger partial charge in [-0.25, -0.2) is 0 Å². The van der Waals surface area contributed by atoms with Crippen LogP contribution in [-0.2, 0) is 11.3 Å². The van der Waals surface area contributed by atoms with Crippen LogP contribution in [0.4, 0.5) is 0 Å². The molecule has 0 bridgehead atoms. The molecule has 0 aromatic heterocycles. The minimum absolute atomic E-state index is 0.0413. The largest absolute Gasteiger partial charge is 0.497 e. The van der Waals surface area contributed by atoms with Crippen molar-refractivity contribution in [1.82, 2.24) is 10.2 Å². The third-order valence-corrected chi connectivity index (χ3v) is 5.92. The van der Waals surface area contributed by atoms with E-state index >= 15 is 0 Å². The van der Waals surface area contributed by atoms with E-state index in [2.05, 4.69) is 23.2 Å². The summed E-state index contributed by atoms with van der Waals surface area (Å²) in [7, 11) is 1.66. The molecule has 0 saturated carbocycles. The molecule has 1 heterocycles. The smallest absolute Gasteiger partial charge is 0.223 e. The van der Waals surface area contributed by atoms with Gasteiger partial charge in [0.2, 0.25) is 5.91 Å². The van der Waals surface area contributed by atoms with Gasteiger partial charge in [-0.1, -0.05) is 48.9 Å². The topological polar surface area (TPSA) is 41.6 Å². The molecule has 1 amide bonds. The van der Waals surface area contributed by atoms with Crippen LogP contribution in [0, 0.1) is 5.92 Å². The van der Waals surface area contributed by atoms with E-state index in [1.165, 1.54) is 0 Å². The van der Waals surface area contributed by atoms with Crippen LogP contribution >= 0.6 is 11.6 Å². The van der Waals surface area contributed by atoms with Crippen LogP contribution in [0.5, 0.6) is 5.75 Å². The number of benzene rings is 2. The Morgan fingerprint density at radius 2 is 1.86 bits per heavy atom. The summed E-state index contributed by atoms with van der Waals surface area (Å²) in [6.07, 6.45) is 2.63. The Morgan fingerprint density at radius 1 is 1.18 bits per heavy atom. The molecule has 1 unspecified atom stereocenters. The highest BCUT2D eigenvalue weighted by Crippen LogP contribution is 2.25. The van der Waals surface area contributed by atoms with Crippen LogP contribution in [0.25, 0.3) is 0 Å². The molecular formula is C23H29ClN2O2. The Hall–Kier alpha value is -2.04. The molecule has 0 spiro atoms. The lowest BCUT2D eigenvalue weighted by Crippen LogP contribution is -2.41. The molecule has 1 N–H and O–H groups in total. The third-order valence-electron chi connectivity index (χ3n) is 5.55. The first-order chi connectivity index (χ1) is 13.6. The molecule has 150 valence electrons. The number of methoxy groups -OCH3 is 1. The molecule has 1 saturated heterocycles. The number of amides is 1. The van der Waals surface area contributed by atoms with Gasteiger partial charge in [0.1, 0.15) is 5.75 Å². The first-order valence-electron chi connectivity index (χ1n) is 10.0. The Bertz CT molecular complexity index is 770. The first kappa shape index (κ1) is 20.7. The highest BCUT2D eigenvalue weighted by atomic mass is 35.5. The summed E-state index contributed by atoms with van der Waals surface area (Å²) in [4.78, 5) is 15.2. The highest BCUT2D eigenvalue weighted by molar-refractivity contribution is 6.31. The monoisotopic (exact) mass is 400 g/mol. The highest BCUT2D eigenvalue weighted by Gasteiger charge is 2.26. The molecule has 3 rings (SSSR count). The molecule has 0 radical (unpaired) electrons. The maximum atomic E-state index is 12.8. The molecule has 1 atom stereocenters. The van der Waals surface area contributed by atoms with Crippen molar-refractivity contribution < 1.29 is 9.53 Å². The number of rotatable bonds is 7. The average Bonchev–Trinajstić information content (AvgIpc) is 2.74. The molecule has 5 heteroatoms. The number of ether oxygens (including phenoxy) is 1. The molecule has 1 aliphatic rings. The zero-order valence-electron chi connectivity index (χ0n) is 16.7. The SMILES string of the molecule is CCC(NC(=O)C1CCN(Cc2ccccc2Cl)CC1)c1ccc(OC)cc1. The van der Waals surface area contributed by atoms with Crippen LogP contribution in [0.15, 0.2) is 48.5 Å². The number of hydrogen-bond acceptors (Lipinski definition) is 3. The minimum atomic E-state index is 0.0413. The van der Waals surface area contributed by atoms with Crippen LogP contribution in [0.1, 0.15) is 43.4 Å². The van der Waals surface area contributed by atoms with Crippen LogP contribution < -0.4 is 10.1 Å². The Kier molecular flexibility index (Phi) is 7.35. The summed E-state index contributed by atoms with van der Waals surface area (Å²) in [5, 5.41) is 4.06. The van der Waals surface area contributed by atoms with E-state index in [1.807, 2.05) is 42.5 Å². The average molecular weight is 401 g/mol. The maximum absolute atomic E-state index is 12.8. The van der Waals surface area contributed by atoms with E-state index in [1.54, 1.807) is 7.11 Å². The van der Waals surface area contributed by atoms with Crippen molar-refractivity contribution in [3.8, 4) is 5.75 Å². The molecule has 28 heavy (non-hydrogen) atoms. The van der Waals surface area contributed by atoms with Crippen LogP contribution in [-0.4, -0.2) is 31.0 Å². The van der Waals surface area contributed by atoms with Crippen molar-refractivity contribution in [3.63, 3.8) is 0 Å². The molecule has 4 nitrogen and oxygen atoms in total. The summed E-state index contributed by atoms with van der Waals surface area (Å²) in [5.74, 6) is 1.07. The predicted octanol–water partition coefficient (Wildman–Crippen LogP) is 4.83. The standard InChI is InChI=1S/C23H29ClN2O2/c1-3-22(17-8-10-20(28-2)11-9-17)25-23(27)18-12-14-26(15-13-18)16-19-6-4-5-7-21(19)24/h4-11,18,22H,3,12-16H2,1-2H3,(H,25,27). The van der Waals surface area contributed by atoms with Gasteiger partial charge in [-0.15, -0.1) is 0 Å². The number of likely N-dealkylation sites (tertiary alicyclic amines) is 1. The van der Waals surface area contributed by atoms with Crippen molar-refractivity contribution in [2.45, 2.75) is 38.8 Å². The molecule has 0 aliphatic carbocycles. The third kappa shape index (κ3) is 5.27. The lowest BCUT2D eigenvalue weighted by atomic mass is 9.94. The molecule has 2 aromatic rings. The van der Waals surface area contributed by atoms with Crippen molar-refractivity contribution in [2.24, 2.45) is 5.92 Å². The summed E-state index contributed by atoms with van der Waals surface area (Å²) >= 11 is 6.27. The number of carbonyl (C=O) groups excluding carboxylic acids is 1. The van der Waals surface area contributed by atoms with Crippen LogP contribution in [0.2, 0.25) is 5.02 Å². The lowest BCUT2D eigenvalue weighted by molar-refractivity contribution is -0.127. The molecule has 2 aromatic carbocycles. The number of nitrogens with one attached hydrogen (secondary N) is 1. The van der Waals surface area contributed by atoms with Gasteiger partial charge in [-0.3, -0.25) is 9.69 Å². The molecule has 1 fully saturated rings. The van der Waals surface area contributed by atoms with Crippen molar-refractivity contribution in [3.05, 3.63) is 64.7 Å². The van der Waals surface area contributed by atoms with Crippen LogP contribution in [0.3, 0.4) is 0 Å². The van der Waals surface area contributed by atoms with Gasteiger partial charge in [0.15, 0.2) is 0 Å². The zero-order chi connectivity index (χ0) is 19.9. The van der Waals surface area contributed by atoms with E-state index in [-0.39, 0.29) is 17.9 Å². The van der Waals surface area contributed by atoms with Crippen molar-refractivity contribution in [1.29, 1.82) is 0 Å². The Balaban J connectivity index is 1.51. The molecule has 1 aliphatic heterocycles. The Labute approximate surface area is 172 Å². The zero-order valence-corrected chi connectivity index (χ0v) is 17.4. The van der Waals surface area contributed by atoms with Gasteiger partial charge >= 0.3 is 0 Å². The summed E-state index contributed by atoms with van der Waals surface area (Å²) < 4.78 is 5.22. The van der Waals surface area contributed by atoms with E-state index < -0.39 is 0 Å². The first-order valence-corrected chi connectivity index (χ1v) is 10.4.